The van der Waals surface area contributed by atoms with E-state index in [1.165, 1.54) is 42.1 Å². The minimum Gasteiger partial charge on any atom is -0.443 e. The topological polar surface area (TPSA) is 102 Å². The number of nitrogens with zero attached hydrogens (tertiary/aromatic N) is 1. The number of sulfonamides is 1. The van der Waals surface area contributed by atoms with Crippen molar-refractivity contribution < 1.29 is 22.1 Å². The highest BCUT2D eigenvalue weighted by molar-refractivity contribution is 7.98. The molecule has 4 aromatic rings. The van der Waals surface area contributed by atoms with Crippen LogP contribution in [0.2, 0.25) is 0 Å². The lowest BCUT2D eigenvalue weighted by molar-refractivity contribution is -0.384. The van der Waals surface area contributed by atoms with Gasteiger partial charge in [-0.2, -0.15) is 8.42 Å². The maximum atomic E-state index is 13.9. The Bertz CT molecular complexity index is 1350. The molecular weight excluding hydrogens is 443 g/mol. The Morgan fingerprint density at radius 1 is 1.03 bits per heavy atom. The van der Waals surface area contributed by atoms with Crippen LogP contribution in [0.4, 0.5) is 15.8 Å². The second kappa shape index (κ2) is 8.40. The van der Waals surface area contributed by atoms with E-state index in [9.17, 15) is 22.9 Å². The molecule has 0 atom stereocenters. The molecule has 3 aromatic carbocycles. The van der Waals surface area contributed by atoms with Crippen molar-refractivity contribution >= 4 is 44.1 Å². The van der Waals surface area contributed by atoms with Crippen molar-refractivity contribution in [3.63, 3.8) is 0 Å². The molecule has 31 heavy (non-hydrogen) atoms. The van der Waals surface area contributed by atoms with Crippen LogP contribution < -0.4 is 4.72 Å². The van der Waals surface area contributed by atoms with Gasteiger partial charge in [-0.1, -0.05) is 30.3 Å². The number of nitro benzene ring substituents is 1. The van der Waals surface area contributed by atoms with E-state index >= 15 is 0 Å². The number of fused-ring (bicyclic) bond motifs is 1. The van der Waals surface area contributed by atoms with E-state index in [0.717, 1.165) is 6.07 Å². The maximum Gasteiger partial charge on any atom is 0.295 e. The summed E-state index contributed by atoms with van der Waals surface area (Å²) in [5, 5.41) is 11.3. The average molecular weight is 458 g/mol. The van der Waals surface area contributed by atoms with E-state index in [4.69, 9.17) is 4.42 Å². The third-order valence-corrected chi connectivity index (χ3v) is 6.73. The fraction of sp³-hybridized carbons (Fsp3) is 0.0476. The van der Waals surface area contributed by atoms with E-state index in [0.29, 0.717) is 27.2 Å². The molecule has 0 fully saturated rings. The predicted octanol–water partition coefficient (Wildman–Crippen LogP) is 5.57. The number of benzene rings is 3. The van der Waals surface area contributed by atoms with Gasteiger partial charge in [0.1, 0.15) is 11.4 Å². The number of non-ortho nitro benzene ring substituents is 1. The van der Waals surface area contributed by atoms with Crippen LogP contribution in [0.15, 0.2) is 87.2 Å². The van der Waals surface area contributed by atoms with E-state index in [-0.39, 0.29) is 16.5 Å². The lowest BCUT2D eigenvalue weighted by atomic mass is 10.2. The summed E-state index contributed by atoms with van der Waals surface area (Å²) in [6.07, 6.45) is 0. The summed E-state index contributed by atoms with van der Waals surface area (Å²) in [6, 6.07) is 18.1. The van der Waals surface area contributed by atoms with Crippen LogP contribution in [0.1, 0.15) is 5.56 Å². The lowest BCUT2D eigenvalue weighted by Gasteiger charge is -2.11. The van der Waals surface area contributed by atoms with Gasteiger partial charge >= 0.3 is 0 Å². The number of furan rings is 1. The summed E-state index contributed by atoms with van der Waals surface area (Å²) >= 11 is 1.22. The number of halogens is 1. The number of anilines is 1. The smallest absolute Gasteiger partial charge is 0.295 e. The standard InChI is InChI=1S/C21H15FN2O5S2/c22-16-8-9-20(30-13-14-4-3-6-17(10-14)24(25)26)18(12-16)23-31(27,28)21-11-15-5-1-2-7-19(15)29-21/h1-12,23H,13H2. The third kappa shape index (κ3) is 4.70. The van der Waals surface area contributed by atoms with Gasteiger partial charge < -0.3 is 4.42 Å². The molecule has 0 unspecified atom stereocenters. The maximum absolute atomic E-state index is 13.9. The molecule has 0 bridgehead atoms. The molecule has 0 spiro atoms. The molecule has 4 rings (SSSR count). The summed E-state index contributed by atoms with van der Waals surface area (Å²) in [5.41, 5.74) is 1.11. The van der Waals surface area contributed by atoms with Gasteiger partial charge in [0.2, 0.25) is 5.09 Å². The molecule has 1 aromatic heterocycles. The Labute approximate surface area is 181 Å². The van der Waals surface area contributed by atoms with Crippen molar-refractivity contribution in [2.45, 2.75) is 15.7 Å². The second-order valence-electron chi connectivity index (χ2n) is 6.56. The summed E-state index contributed by atoms with van der Waals surface area (Å²) < 4.78 is 47.3. The van der Waals surface area contributed by atoms with Gasteiger partial charge in [0.15, 0.2) is 0 Å². The first kappa shape index (κ1) is 20.9. The molecule has 0 amide bonds. The van der Waals surface area contributed by atoms with Crippen LogP contribution in [0, 0.1) is 15.9 Å². The Balaban J connectivity index is 1.59. The van der Waals surface area contributed by atoms with E-state index < -0.39 is 20.8 Å². The van der Waals surface area contributed by atoms with Crippen LogP contribution >= 0.6 is 11.8 Å². The van der Waals surface area contributed by atoms with Crippen molar-refractivity contribution in [3.05, 3.63) is 94.3 Å². The number of rotatable bonds is 7. The SMILES string of the molecule is O=[N+]([O-])c1cccc(CSc2ccc(F)cc2NS(=O)(=O)c2cc3ccccc3o2)c1. The molecule has 158 valence electrons. The largest absolute Gasteiger partial charge is 0.443 e. The Morgan fingerprint density at radius 3 is 2.61 bits per heavy atom. The molecule has 1 heterocycles. The number of thioether (sulfide) groups is 1. The molecule has 0 saturated carbocycles. The first-order valence-corrected chi connectivity index (χ1v) is 11.5. The van der Waals surface area contributed by atoms with Crippen LogP contribution in [0.25, 0.3) is 11.0 Å². The molecule has 0 aliphatic carbocycles. The first-order valence-electron chi connectivity index (χ1n) is 8.99. The highest BCUT2D eigenvalue weighted by Crippen LogP contribution is 2.33. The zero-order valence-electron chi connectivity index (χ0n) is 15.8. The van der Waals surface area contributed by atoms with Gasteiger partial charge in [0.25, 0.3) is 15.7 Å². The van der Waals surface area contributed by atoms with Crippen LogP contribution in [0.5, 0.6) is 0 Å². The van der Waals surface area contributed by atoms with Crippen molar-refractivity contribution in [1.82, 2.24) is 0 Å². The normalized spacial score (nSPS) is 11.5. The Hall–Kier alpha value is -3.37. The number of hydrogen-bond donors (Lipinski definition) is 1. The highest BCUT2D eigenvalue weighted by atomic mass is 32.2. The molecule has 7 nitrogen and oxygen atoms in total. The molecule has 10 heteroatoms. The number of nitro groups is 1. The second-order valence-corrected chi connectivity index (χ2v) is 9.20. The first-order chi connectivity index (χ1) is 14.8. The fourth-order valence-corrected chi connectivity index (χ4v) is 4.95. The summed E-state index contributed by atoms with van der Waals surface area (Å²) in [6.45, 7) is 0. The van der Waals surface area contributed by atoms with Gasteiger partial charge in [-0.15, -0.1) is 11.8 Å². The number of hydrogen-bond acceptors (Lipinski definition) is 6. The quantitative estimate of drug-likeness (QED) is 0.221. The van der Waals surface area contributed by atoms with Gasteiger partial charge in [-0.3, -0.25) is 14.8 Å². The summed E-state index contributed by atoms with van der Waals surface area (Å²) in [5.74, 6) is -0.283. The average Bonchev–Trinajstić information content (AvgIpc) is 3.18. The van der Waals surface area contributed by atoms with Gasteiger partial charge in [-0.25, -0.2) is 4.39 Å². The minimum atomic E-state index is -4.10. The predicted molar refractivity (Wildman–Crippen MR) is 116 cm³/mol. The lowest BCUT2D eigenvalue weighted by Crippen LogP contribution is -2.13. The monoisotopic (exact) mass is 458 g/mol. The van der Waals surface area contributed by atoms with Crippen molar-refractivity contribution in [3.8, 4) is 0 Å². The number of para-hydroxylation sites is 1. The van der Waals surface area contributed by atoms with E-state index in [1.807, 2.05) is 0 Å². The molecule has 0 saturated heterocycles. The fourth-order valence-electron chi connectivity index (χ4n) is 2.91. The molecule has 0 radical (unpaired) electrons. The van der Waals surface area contributed by atoms with Crippen LogP contribution in [-0.2, 0) is 15.8 Å². The van der Waals surface area contributed by atoms with Gasteiger partial charge in [0.05, 0.1) is 10.6 Å². The van der Waals surface area contributed by atoms with E-state index in [2.05, 4.69) is 4.72 Å². The van der Waals surface area contributed by atoms with Gasteiger partial charge in [0, 0.05) is 34.2 Å². The molecule has 0 aliphatic rings. The minimum absolute atomic E-state index is 0.0389. The summed E-state index contributed by atoms with van der Waals surface area (Å²) in [7, 11) is -4.10. The molecular formula is C21H15FN2O5S2. The molecule has 0 aliphatic heterocycles. The van der Waals surface area contributed by atoms with Crippen molar-refractivity contribution in [2.24, 2.45) is 0 Å². The Kier molecular flexibility index (Phi) is 5.66. The van der Waals surface area contributed by atoms with Crippen molar-refractivity contribution in [2.75, 3.05) is 4.72 Å². The Morgan fingerprint density at radius 2 is 1.84 bits per heavy atom. The zero-order valence-corrected chi connectivity index (χ0v) is 17.5. The van der Waals surface area contributed by atoms with Crippen molar-refractivity contribution in [1.29, 1.82) is 0 Å². The summed E-state index contributed by atoms with van der Waals surface area (Å²) in [4.78, 5) is 10.9. The zero-order chi connectivity index (χ0) is 22.0. The van der Waals surface area contributed by atoms with Gasteiger partial charge in [-0.05, 0) is 29.8 Å². The van der Waals surface area contributed by atoms with Crippen LogP contribution in [0.3, 0.4) is 0 Å². The van der Waals surface area contributed by atoms with Crippen LogP contribution in [-0.4, -0.2) is 13.3 Å². The highest BCUT2D eigenvalue weighted by Gasteiger charge is 2.21. The third-order valence-electron chi connectivity index (χ3n) is 4.37. The number of nitrogens with one attached hydrogen (secondary N) is 1. The van der Waals surface area contributed by atoms with E-state index in [1.54, 1.807) is 36.4 Å². The molecule has 1 N–H and O–H groups in total.